The molecule has 1 N–H and O–H groups in total. The standard InChI is InChI=1S/C19H21ClN6O6S/c1-23-17-16(18(28)24(2)19(23)29)25(11-21-17)10-15(27)22-14-9-12(3-4-13(14)20)33(30,31)26-5-7-32-8-6-26/h3-4,9,11H,5-8,10H2,1-2H3,(H,22,27). The molecule has 3 aromatic rings. The van der Waals surface area contributed by atoms with Crippen LogP contribution in [-0.4, -0.2) is 63.6 Å². The van der Waals surface area contributed by atoms with Crippen molar-refractivity contribution in [3.63, 3.8) is 0 Å². The molecule has 0 saturated carbocycles. The molecule has 4 rings (SSSR count). The van der Waals surface area contributed by atoms with Crippen LogP contribution in [0.4, 0.5) is 5.69 Å². The molecule has 1 aliphatic rings. The molecule has 12 nitrogen and oxygen atoms in total. The van der Waals surface area contributed by atoms with E-state index in [1.807, 2.05) is 0 Å². The van der Waals surface area contributed by atoms with Crippen molar-refractivity contribution in [2.24, 2.45) is 14.1 Å². The van der Waals surface area contributed by atoms with E-state index in [0.29, 0.717) is 13.2 Å². The molecule has 2 aromatic heterocycles. The normalized spacial score (nSPS) is 15.1. The Balaban J connectivity index is 1.60. The Hall–Kier alpha value is -3.00. The van der Waals surface area contributed by atoms with Gasteiger partial charge in [-0.05, 0) is 18.2 Å². The van der Waals surface area contributed by atoms with Gasteiger partial charge >= 0.3 is 5.69 Å². The summed E-state index contributed by atoms with van der Waals surface area (Å²) >= 11 is 6.18. The summed E-state index contributed by atoms with van der Waals surface area (Å²) in [5.74, 6) is -0.562. The van der Waals surface area contributed by atoms with Crippen LogP contribution in [0.15, 0.2) is 39.0 Å². The molecule has 1 amide bonds. The van der Waals surface area contributed by atoms with Crippen LogP contribution < -0.4 is 16.6 Å². The van der Waals surface area contributed by atoms with Crippen molar-refractivity contribution in [3.8, 4) is 0 Å². The predicted octanol–water partition coefficient (Wildman–Crippen LogP) is -0.253. The second-order valence-electron chi connectivity index (χ2n) is 7.46. The number of carbonyl (C=O) groups excluding carboxylic acids is 1. The number of nitrogens with zero attached hydrogens (tertiary/aromatic N) is 5. The average molecular weight is 497 g/mol. The first-order chi connectivity index (χ1) is 15.6. The van der Waals surface area contributed by atoms with Gasteiger partial charge in [-0.2, -0.15) is 4.31 Å². The van der Waals surface area contributed by atoms with Crippen LogP contribution in [-0.2, 0) is 40.2 Å². The number of anilines is 1. The summed E-state index contributed by atoms with van der Waals surface area (Å²) in [5, 5.41) is 2.74. The van der Waals surface area contributed by atoms with Gasteiger partial charge < -0.3 is 14.6 Å². The molecule has 0 spiro atoms. The number of fused-ring (bicyclic) bond motifs is 1. The van der Waals surface area contributed by atoms with Crippen molar-refractivity contribution in [2.75, 3.05) is 31.6 Å². The van der Waals surface area contributed by atoms with Crippen molar-refractivity contribution in [1.29, 1.82) is 0 Å². The highest BCUT2D eigenvalue weighted by Gasteiger charge is 2.27. The number of rotatable bonds is 5. The van der Waals surface area contributed by atoms with E-state index in [1.165, 1.54) is 52.1 Å². The second-order valence-corrected chi connectivity index (χ2v) is 9.80. The van der Waals surface area contributed by atoms with Crippen molar-refractivity contribution in [3.05, 3.63) is 50.4 Å². The number of nitrogens with one attached hydrogen (secondary N) is 1. The lowest BCUT2D eigenvalue weighted by molar-refractivity contribution is -0.116. The van der Waals surface area contributed by atoms with Crippen LogP contribution in [0.2, 0.25) is 5.02 Å². The maximum absolute atomic E-state index is 12.9. The first-order valence-corrected chi connectivity index (χ1v) is 11.7. The van der Waals surface area contributed by atoms with Gasteiger partial charge in [0.05, 0.1) is 35.1 Å². The first kappa shape index (κ1) is 23.2. The summed E-state index contributed by atoms with van der Waals surface area (Å²) in [6.45, 7) is 0.775. The Morgan fingerprint density at radius 3 is 2.58 bits per heavy atom. The van der Waals surface area contributed by atoms with E-state index in [0.717, 1.165) is 4.57 Å². The van der Waals surface area contributed by atoms with Crippen molar-refractivity contribution in [2.45, 2.75) is 11.4 Å². The lowest BCUT2D eigenvalue weighted by atomic mass is 10.3. The summed E-state index contributed by atoms with van der Waals surface area (Å²) in [6.07, 6.45) is 1.28. The number of sulfonamides is 1. The minimum atomic E-state index is -3.78. The van der Waals surface area contributed by atoms with E-state index in [9.17, 15) is 22.8 Å². The van der Waals surface area contributed by atoms with Crippen molar-refractivity contribution >= 4 is 44.4 Å². The lowest BCUT2D eigenvalue weighted by Gasteiger charge is -2.26. The van der Waals surface area contributed by atoms with E-state index in [2.05, 4.69) is 10.3 Å². The van der Waals surface area contributed by atoms with Crippen LogP contribution in [0.25, 0.3) is 11.2 Å². The molecule has 33 heavy (non-hydrogen) atoms. The highest BCUT2D eigenvalue weighted by molar-refractivity contribution is 7.89. The fraction of sp³-hybridized carbons (Fsp3) is 0.368. The smallest absolute Gasteiger partial charge is 0.332 e. The number of carbonyl (C=O) groups is 1. The molecule has 0 aliphatic carbocycles. The molecule has 1 saturated heterocycles. The number of aromatic nitrogens is 4. The monoisotopic (exact) mass is 496 g/mol. The Morgan fingerprint density at radius 1 is 1.18 bits per heavy atom. The molecule has 1 aliphatic heterocycles. The molecule has 14 heteroatoms. The third kappa shape index (κ3) is 4.19. The Bertz CT molecular complexity index is 1470. The maximum atomic E-state index is 12.9. The highest BCUT2D eigenvalue weighted by Crippen LogP contribution is 2.27. The maximum Gasteiger partial charge on any atom is 0.332 e. The summed E-state index contributed by atoms with van der Waals surface area (Å²) in [7, 11) is -0.974. The molecule has 176 valence electrons. The number of amides is 1. The Labute approximate surface area is 193 Å². The minimum absolute atomic E-state index is 0.0129. The number of ether oxygens (including phenoxy) is 1. The van der Waals surface area contributed by atoms with E-state index < -0.39 is 27.2 Å². The third-order valence-electron chi connectivity index (χ3n) is 5.35. The van der Waals surface area contributed by atoms with Crippen LogP contribution in [0.5, 0.6) is 0 Å². The number of aryl methyl sites for hydroxylation is 1. The molecular weight excluding hydrogens is 476 g/mol. The van der Waals surface area contributed by atoms with Crippen LogP contribution >= 0.6 is 11.6 Å². The molecule has 1 aromatic carbocycles. The largest absolute Gasteiger partial charge is 0.379 e. The van der Waals surface area contributed by atoms with Gasteiger partial charge in [0.25, 0.3) is 5.56 Å². The molecule has 0 radical (unpaired) electrons. The predicted molar refractivity (Wildman–Crippen MR) is 120 cm³/mol. The zero-order valence-electron chi connectivity index (χ0n) is 17.8. The number of hydrogen-bond donors (Lipinski definition) is 1. The highest BCUT2D eigenvalue weighted by atomic mass is 35.5. The van der Waals surface area contributed by atoms with Gasteiger partial charge in [-0.3, -0.25) is 18.7 Å². The fourth-order valence-corrected chi connectivity index (χ4v) is 5.16. The topological polar surface area (TPSA) is 138 Å². The summed E-state index contributed by atoms with van der Waals surface area (Å²) < 4.78 is 35.8. The molecule has 0 unspecified atom stereocenters. The summed E-state index contributed by atoms with van der Waals surface area (Å²) in [4.78, 5) is 41.4. The Kier molecular flexibility index (Phi) is 6.14. The van der Waals surface area contributed by atoms with Crippen LogP contribution in [0, 0.1) is 0 Å². The number of hydrogen-bond acceptors (Lipinski definition) is 7. The van der Waals surface area contributed by atoms with E-state index in [1.54, 1.807) is 0 Å². The molecular formula is C19H21ClN6O6S. The third-order valence-corrected chi connectivity index (χ3v) is 7.58. The lowest BCUT2D eigenvalue weighted by Crippen LogP contribution is -2.40. The molecule has 0 bridgehead atoms. The number of morpholine rings is 1. The van der Waals surface area contributed by atoms with Crippen molar-refractivity contribution < 1.29 is 17.9 Å². The van der Waals surface area contributed by atoms with Gasteiger partial charge in [-0.25, -0.2) is 18.2 Å². The van der Waals surface area contributed by atoms with Gasteiger partial charge in [0, 0.05) is 27.2 Å². The quantitative estimate of drug-likeness (QED) is 0.514. The number of halogens is 1. The Morgan fingerprint density at radius 2 is 1.88 bits per heavy atom. The number of imidazole rings is 1. The molecule has 0 atom stereocenters. The number of benzene rings is 1. The van der Waals surface area contributed by atoms with Crippen LogP contribution in [0.3, 0.4) is 0 Å². The van der Waals surface area contributed by atoms with Gasteiger partial charge in [0.1, 0.15) is 6.54 Å². The van der Waals surface area contributed by atoms with Crippen LogP contribution in [0.1, 0.15) is 0 Å². The van der Waals surface area contributed by atoms with Gasteiger partial charge in [-0.15, -0.1) is 0 Å². The minimum Gasteiger partial charge on any atom is -0.379 e. The van der Waals surface area contributed by atoms with Crippen molar-refractivity contribution in [1.82, 2.24) is 23.0 Å². The van der Waals surface area contributed by atoms with Gasteiger partial charge in [0.2, 0.25) is 15.9 Å². The van der Waals surface area contributed by atoms with E-state index in [-0.39, 0.29) is 46.4 Å². The fourth-order valence-electron chi connectivity index (χ4n) is 3.56. The zero-order valence-corrected chi connectivity index (χ0v) is 19.4. The van der Waals surface area contributed by atoms with E-state index >= 15 is 0 Å². The van der Waals surface area contributed by atoms with Gasteiger partial charge in [-0.1, -0.05) is 11.6 Å². The second kappa shape index (κ2) is 8.74. The SMILES string of the molecule is Cn1c(=O)c2c(ncn2CC(=O)Nc2cc(S(=O)(=O)N3CCOCC3)ccc2Cl)n(C)c1=O. The molecule has 3 heterocycles. The summed E-state index contributed by atoms with van der Waals surface area (Å²) in [5.41, 5.74) is -0.778. The molecule has 1 fully saturated rings. The average Bonchev–Trinajstić information content (AvgIpc) is 3.21. The van der Waals surface area contributed by atoms with Gasteiger partial charge in [0.15, 0.2) is 11.2 Å². The zero-order chi connectivity index (χ0) is 23.9. The first-order valence-electron chi connectivity index (χ1n) is 9.89. The summed E-state index contributed by atoms with van der Waals surface area (Å²) in [6, 6.07) is 4.05. The van der Waals surface area contributed by atoms with E-state index in [4.69, 9.17) is 16.3 Å².